The molecule has 18 heavy (non-hydrogen) atoms. The summed E-state index contributed by atoms with van der Waals surface area (Å²) in [5.41, 5.74) is 1.25. The number of rotatable bonds is 5. The van der Waals surface area contributed by atoms with Gasteiger partial charge in [0.2, 0.25) is 0 Å². The minimum absolute atomic E-state index is 0.401. The molecule has 1 heterocycles. The van der Waals surface area contributed by atoms with Gasteiger partial charge in [-0.15, -0.1) is 11.3 Å². The summed E-state index contributed by atoms with van der Waals surface area (Å²) < 4.78 is 0. The summed E-state index contributed by atoms with van der Waals surface area (Å²) in [4.78, 5) is 6.00. The Bertz CT molecular complexity index is 367. The Hall–Kier alpha value is -0.410. The Morgan fingerprint density at radius 2 is 2.00 bits per heavy atom. The van der Waals surface area contributed by atoms with Crippen molar-refractivity contribution in [2.75, 3.05) is 6.54 Å². The van der Waals surface area contributed by atoms with Gasteiger partial charge in [0, 0.05) is 10.9 Å². The first-order chi connectivity index (χ1) is 8.66. The molecule has 1 aliphatic rings. The van der Waals surface area contributed by atoms with E-state index in [0.29, 0.717) is 6.04 Å². The molecule has 0 amide bonds. The van der Waals surface area contributed by atoms with Crippen molar-refractivity contribution in [3.63, 3.8) is 0 Å². The van der Waals surface area contributed by atoms with E-state index in [1.165, 1.54) is 54.1 Å². The molecular formula is C15H26N2S. The second kappa shape index (κ2) is 6.67. The van der Waals surface area contributed by atoms with Gasteiger partial charge in [-0.1, -0.05) is 32.1 Å². The number of thiazole rings is 1. The van der Waals surface area contributed by atoms with Crippen molar-refractivity contribution in [1.29, 1.82) is 0 Å². The molecule has 1 saturated carbocycles. The lowest BCUT2D eigenvalue weighted by Crippen LogP contribution is -2.23. The summed E-state index contributed by atoms with van der Waals surface area (Å²) in [6.45, 7) is 7.65. The van der Waals surface area contributed by atoms with Crippen molar-refractivity contribution in [3.8, 4) is 0 Å². The van der Waals surface area contributed by atoms with E-state index in [0.717, 1.165) is 12.5 Å². The number of aromatic nitrogens is 1. The number of hydrogen-bond acceptors (Lipinski definition) is 3. The minimum Gasteiger partial charge on any atom is -0.309 e. The van der Waals surface area contributed by atoms with Crippen LogP contribution in [0.4, 0.5) is 0 Å². The third kappa shape index (κ3) is 3.79. The highest BCUT2D eigenvalue weighted by Crippen LogP contribution is 2.26. The lowest BCUT2D eigenvalue weighted by Gasteiger charge is -2.22. The highest BCUT2D eigenvalue weighted by atomic mass is 32.1. The maximum atomic E-state index is 4.63. The molecule has 3 heteroatoms. The molecule has 1 unspecified atom stereocenters. The zero-order valence-corrected chi connectivity index (χ0v) is 12.8. The number of aryl methyl sites for hydroxylation is 2. The average molecular weight is 266 g/mol. The van der Waals surface area contributed by atoms with E-state index in [2.05, 4.69) is 31.1 Å². The molecule has 0 bridgehead atoms. The molecule has 0 aromatic carbocycles. The smallest absolute Gasteiger partial charge is 0.0900 e. The van der Waals surface area contributed by atoms with E-state index in [4.69, 9.17) is 0 Å². The molecule has 0 saturated heterocycles. The van der Waals surface area contributed by atoms with Gasteiger partial charge in [0.15, 0.2) is 0 Å². The van der Waals surface area contributed by atoms with Gasteiger partial charge in [0.05, 0.1) is 10.7 Å². The predicted octanol–water partition coefficient (Wildman–Crippen LogP) is 4.38. The van der Waals surface area contributed by atoms with Crippen LogP contribution in [0.3, 0.4) is 0 Å². The van der Waals surface area contributed by atoms with Crippen LogP contribution < -0.4 is 5.32 Å². The van der Waals surface area contributed by atoms with Crippen LogP contribution in [0.25, 0.3) is 0 Å². The first-order valence-electron chi connectivity index (χ1n) is 7.34. The molecular weight excluding hydrogens is 240 g/mol. The topological polar surface area (TPSA) is 24.9 Å². The molecule has 1 aromatic heterocycles. The molecule has 0 aliphatic heterocycles. The minimum atomic E-state index is 0.401. The zero-order chi connectivity index (χ0) is 13.0. The largest absolute Gasteiger partial charge is 0.309 e. The highest BCUT2D eigenvalue weighted by molar-refractivity contribution is 7.11. The molecule has 1 fully saturated rings. The zero-order valence-electron chi connectivity index (χ0n) is 12.0. The second-order valence-electron chi connectivity index (χ2n) is 5.64. The fraction of sp³-hybridized carbons (Fsp3) is 0.800. The van der Waals surface area contributed by atoms with Crippen LogP contribution in [0, 0.1) is 19.8 Å². The summed E-state index contributed by atoms with van der Waals surface area (Å²) in [5, 5.41) is 4.83. The van der Waals surface area contributed by atoms with E-state index in [1.807, 2.05) is 11.3 Å². The summed E-state index contributed by atoms with van der Waals surface area (Å²) in [5.74, 6) is 0.969. The Labute approximate surface area is 115 Å². The van der Waals surface area contributed by atoms with Gasteiger partial charge < -0.3 is 5.32 Å². The van der Waals surface area contributed by atoms with Crippen molar-refractivity contribution in [2.24, 2.45) is 5.92 Å². The van der Waals surface area contributed by atoms with Crippen LogP contribution in [0.15, 0.2) is 0 Å². The normalized spacial score (nSPS) is 19.1. The van der Waals surface area contributed by atoms with Gasteiger partial charge in [-0.2, -0.15) is 0 Å². The van der Waals surface area contributed by atoms with Gasteiger partial charge in [-0.3, -0.25) is 0 Å². The van der Waals surface area contributed by atoms with Gasteiger partial charge in [-0.25, -0.2) is 4.98 Å². The first kappa shape index (κ1) is 14.0. The van der Waals surface area contributed by atoms with Crippen molar-refractivity contribution >= 4 is 11.3 Å². The average Bonchev–Trinajstić information content (AvgIpc) is 2.70. The van der Waals surface area contributed by atoms with Gasteiger partial charge >= 0.3 is 0 Å². The molecule has 2 rings (SSSR count). The van der Waals surface area contributed by atoms with Crippen LogP contribution in [0.5, 0.6) is 0 Å². The summed E-state index contributed by atoms with van der Waals surface area (Å²) >= 11 is 1.81. The van der Waals surface area contributed by atoms with E-state index >= 15 is 0 Å². The number of nitrogens with zero attached hydrogens (tertiary/aromatic N) is 1. The molecule has 102 valence electrons. The van der Waals surface area contributed by atoms with Crippen LogP contribution in [0.2, 0.25) is 0 Å². The number of nitrogens with one attached hydrogen (secondary N) is 1. The highest BCUT2D eigenvalue weighted by Gasteiger charge is 2.15. The fourth-order valence-corrected chi connectivity index (χ4v) is 3.94. The van der Waals surface area contributed by atoms with Gasteiger partial charge in [0.1, 0.15) is 0 Å². The maximum absolute atomic E-state index is 4.63. The van der Waals surface area contributed by atoms with Crippen molar-refractivity contribution in [2.45, 2.75) is 65.3 Å². The lowest BCUT2D eigenvalue weighted by atomic mass is 9.87. The van der Waals surface area contributed by atoms with Crippen LogP contribution in [-0.2, 0) is 0 Å². The van der Waals surface area contributed by atoms with Gasteiger partial charge in [0.25, 0.3) is 0 Å². The Kier molecular flexibility index (Phi) is 5.19. The first-order valence-corrected chi connectivity index (χ1v) is 8.15. The molecule has 1 atom stereocenters. The molecule has 2 nitrogen and oxygen atoms in total. The summed E-state index contributed by atoms with van der Waals surface area (Å²) in [7, 11) is 0. The van der Waals surface area contributed by atoms with Crippen molar-refractivity contribution in [1.82, 2.24) is 10.3 Å². The second-order valence-corrected chi connectivity index (χ2v) is 7.05. The van der Waals surface area contributed by atoms with E-state index < -0.39 is 0 Å². The summed E-state index contributed by atoms with van der Waals surface area (Å²) in [6.07, 6.45) is 8.59. The van der Waals surface area contributed by atoms with Crippen LogP contribution in [-0.4, -0.2) is 11.5 Å². The Balaban J connectivity index is 1.74. The Morgan fingerprint density at radius 3 is 2.61 bits per heavy atom. The van der Waals surface area contributed by atoms with Crippen LogP contribution in [0.1, 0.15) is 67.1 Å². The van der Waals surface area contributed by atoms with Crippen molar-refractivity contribution in [3.05, 3.63) is 15.6 Å². The fourth-order valence-electron chi connectivity index (χ4n) is 3.02. The van der Waals surface area contributed by atoms with E-state index in [-0.39, 0.29) is 0 Å². The van der Waals surface area contributed by atoms with Crippen molar-refractivity contribution < 1.29 is 0 Å². The lowest BCUT2D eigenvalue weighted by molar-refractivity contribution is 0.329. The number of hydrogen-bond donors (Lipinski definition) is 1. The molecule has 1 aliphatic carbocycles. The summed E-state index contributed by atoms with van der Waals surface area (Å²) in [6, 6.07) is 0.401. The quantitative estimate of drug-likeness (QED) is 0.855. The standard InChI is InChI=1S/C15H26N2S/c1-11(15-12(2)18-13(3)17-15)16-10-9-14-7-5-4-6-8-14/h11,14,16H,4-10H2,1-3H3. The molecule has 0 spiro atoms. The van der Waals surface area contributed by atoms with E-state index in [9.17, 15) is 0 Å². The van der Waals surface area contributed by atoms with E-state index in [1.54, 1.807) is 0 Å². The predicted molar refractivity (Wildman–Crippen MR) is 79.2 cm³/mol. The third-order valence-electron chi connectivity index (χ3n) is 4.08. The third-order valence-corrected chi connectivity index (χ3v) is 4.98. The molecule has 1 N–H and O–H groups in total. The molecule has 0 radical (unpaired) electrons. The van der Waals surface area contributed by atoms with Crippen LogP contribution >= 0.6 is 11.3 Å². The monoisotopic (exact) mass is 266 g/mol. The maximum Gasteiger partial charge on any atom is 0.0900 e. The SMILES string of the molecule is Cc1nc(C(C)NCCC2CCCCC2)c(C)s1. The molecule has 1 aromatic rings. The Morgan fingerprint density at radius 1 is 1.28 bits per heavy atom. The van der Waals surface area contributed by atoms with Gasteiger partial charge in [-0.05, 0) is 39.7 Å².